The van der Waals surface area contributed by atoms with E-state index < -0.39 is 0 Å². The molecule has 1 N–H and O–H groups in total. The molecule has 0 saturated carbocycles. The van der Waals surface area contributed by atoms with Crippen LogP contribution in [0.25, 0.3) is 0 Å². The zero-order chi connectivity index (χ0) is 20.8. The number of benzene rings is 1. The van der Waals surface area contributed by atoms with Crippen LogP contribution in [0.4, 0.5) is 0 Å². The summed E-state index contributed by atoms with van der Waals surface area (Å²) in [7, 11) is 1.90. The van der Waals surface area contributed by atoms with E-state index in [1.165, 1.54) is 31.5 Å². The van der Waals surface area contributed by atoms with Gasteiger partial charge in [0.25, 0.3) is 0 Å². The second-order valence-corrected chi connectivity index (χ2v) is 8.88. The van der Waals surface area contributed by atoms with Crippen LogP contribution in [0.1, 0.15) is 36.8 Å². The average Bonchev–Trinajstić information content (AvgIpc) is 3.22. The highest BCUT2D eigenvalue weighted by Gasteiger charge is 2.31. The molecule has 1 aromatic carbocycles. The SMILES string of the molecule is Cn1cc(CNC(=O)C2CCCN(C3CCN(CCc4ccccc4)CC3)C2)cn1. The Hall–Kier alpha value is -2.18. The molecule has 2 aliphatic heterocycles. The summed E-state index contributed by atoms with van der Waals surface area (Å²) >= 11 is 0. The summed E-state index contributed by atoms with van der Waals surface area (Å²) in [6.07, 6.45) is 9.48. The molecule has 0 spiro atoms. The van der Waals surface area contributed by atoms with Gasteiger partial charge in [0.1, 0.15) is 0 Å². The quantitative estimate of drug-likeness (QED) is 0.763. The van der Waals surface area contributed by atoms with E-state index in [9.17, 15) is 4.79 Å². The van der Waals surface area contributed by atoms with Crippen molar-refractivity contribution < 1.29 is 4.79 Å². The molecule has 6 nitrogen and oxygen atoms in total. The standard InChI is InChI=1S/C24H35N5O/c1-27-18-21(17-26-27)16-25-24(30)22-8-5-12-29(19-22)23-10-14-28(15-11-23)13-9-20-6-3-2-4-7-20/h2-4,6-7,17-18,22-23H,5,8-16,19H2,1H3,(H,25,30). The molecule has 3 heterocycles. The van der Waals surface area contributed by atoms with E-state index in [0.717, 1.165) is 44.5 Å². The summed E-state index contributed by atoms with van der Waals surface area (Å²) < 4.78 is 1.77. The monoisotopic (exact) mass is 409 g/mol. The summed E-state index contributed by atoms with van der Waals surface area (Å²) in [5, 5.41) is 7.29. The molecule has 0 aliphatic carbocycles. The van der Waals surface area contributed by atoms with Gasteiger partial charge in [-0.3, -0.25) is 14.4 Å². The van der Waals surface area contributed by atoms with Crippen molar-refractivity contribution in [1.29, 1.82) is 0 Å². The van der Waals surface area contributed by atoms with E-state index in [2.05, 4.69) is 50.5 Å². The molecular weight excluding hydrogens is 374 g/mol. The van der Waals surface area contributed by atoms with Crippen molar-refractivity contribution in [3.05, 3.63) is 53.9 Å². The Balaban J connectivity index is 1.19. The summed E-state index contributed by atoms with van der Waals surface area (Å²) in [5.74, 6) is 0.315. The molecule has 0 radical (unpaired) electrons. The smallest absolute Gasteiger partial charge is 0.224 e. The van der Waals surface area contributed by atoms with Gasteiger partial charge in [-0.2, -0.15) is 5.10 Å². The van der Waals surface area contributed by atoms with Gasteiger partial charge in [-0.25, -0.2) is 0 Å². The number of amides is 1. The summed E-state index contributed by atoms with van der Waals surface area (Å²) in [6, 6.07) is 11.4. The van der Waals surface area contributed by atoms with Gasteiger partial charge in [0.2, 0.25) is 5.91 Å². The van der Waals surface area contributed by atoms with Gasteiger partial charge in [0.15, 0.2) is 0 Å². The summed E-state index contributed by atoms with van der Waals surface area (Å²) in [6.45, 7) is 6.12. The van der Waals surface area contributed by atoms with Crippen molar-refractivity contribution in [3.8, 4) is 0 Å². The third kappa shape index (κ3) is 5.70. The van der Waals surface area contributed by atoms with Crippen LogP contribution in [-0.2, 0) is 24.8 Å². The Labute approximate surface area is 180 Å². The number of likely N-dealkylation sites (tertiary alicyclic amines) is 2. The molecule has 2 aromatic rings. The molecule has 1 atom stereocenters. The zero-order valence-corrected chi connectivity index (χ0v) is 18.2. The maximum atomic E-state index is 12.7. The Morgan fingerprint density at radius 3 is 2.63 bits per heavy atom. The van der Waals surface area contributed by atoms with Crippen LogP contribution in [0.3, 0.4) is 0 Å². The van der Waals surface area contributed by atoms with Gasteiger partial charge in [-0.1, -0.05) is 30.3 Å². The maximum Gasteiger partial charge on any atom is 0.224 e. The van der Waals surface area contributed by atoms with E-state index in [1.807, 2.05) is 19.4 Å². The number of carbonyl (C=O) groups excluding carboxylic acids is 1. The minimum Gasteiger partial charge on any atom is -0.352 e. The molecule has 30 heavy (non-hydrogen) atoms. The number of aromatic nitrogens is 2. The highest BCUT2D eigenvalue weighted by Crippen LogP contribution is 2.24. The van der Waals surface area contributed by atoms with E-state index in [-0.39, 0.29) is 11.8 Å². The van der Waals surface area contributed by atoms with Crippen molar-refractivity contribution in [2.45, 2.75) is 44.7 Å². The predicted molar refractivity (Wildman–Crippen MR) is 119 cm³/mol. The molecule has 1 aromatic heterocycles. The van der Waals surface area contributed by atoms with E-state index in [1.54, 1.807) is 4.68 Å². The van der Waals surface area contributed by atoms with Crippen LogP contribution < -0.4 is 5.32 Å². The first-order chi connectivity index (χ1) is 14.7. The maximum absolute atomic E-state index is 12.7. The number of carbonyl (C=O) groups is 1. The molecule has 1 unspecified atom stereocenters. The lowest BCUT2D eigenvalue weighted by Crippen LogP contribution is -2.50. The fourth-order valence-electron chi connectivity index (χ4n) is 4.89. The van der Waals surface area contributed by atoms with Crippen molar-refractivity contribution in [1.82, 2.24) is 24.9 Å². The van der Waals surface area contributed by atoms with Gasteiger partial charge in [0.05, 0.1) is 12.1 Å². The highest BCUT2D eigenvalue weighted by atomic mass is 16.1. The van der Waals surface area contributed by atoms with Gasteiger partial charge in [-0.15, -0.1) is 0 Å². The number of nitrogens with one attached hydrogen (secondary N) is 1. The van der Waals surface area contributed by atoms with Crippen LogP contribution >= 0.6 is 0 Å². The second kappa shape index (κ2) is 10.2. The fraction of sp³-hybridized carbons (Fsp3) is 0.583. The van der Waals surface area contributed by atoms with Gasteiger partial charge in [-0.05, 0) is 57.3 Å². The second-order valence-electron chi connectivity index (χ2n) is 8.88. The molecule has 162 valence electrons. The first-order valence-corrected chi connectivity index (χ1v) is 11.4. The average molecular weight is 410 g/mol. The Morgan fingerprint density at radius 2 is 1.90 bits per heavy atom. The number of piperidine rings is 2. The highest BCUT2D eigenvalue weighted by molar-refractivity contribution is 5.78. The number of aryl methyl sites for hydroxylation is 1. The third-order valence-electron chi connectivity index (χ3n) is 6.68. The third-order valence-corrected chi connectivity index (χ3v) is 6.68. The minimum absolute atomic E-state index is 0.117. The molecule has 0 bridgehead atoms. The van der Waals surface area contributed by atoms with E-state index >= 15 is 0 Å². The van der Waals surface area contributed by atoms with Gasteiger partial charge >= 0.3 is 0 Å². The van der Waals surface area contributed by atoms with Crippen LogP contribution in [0.2, 0.25) is 0 Å². The normalized spacial score (nSPS) is 21.6. The lowest BCUT2D eigenvalue weighted by Gasteiger charge is -2.42. The number of nitrogens with zero attached hydrogens (tertiary/aromatic N) is 4. The lowest BCUT2D eigenvalue weighted by molar-refractivity contribution is -0.127. The Morgan fingerprint density at radius 1 is 1.10 bits per heavy atom. The summed E-state index contributed by atoms with van der Waals surface area (Å²) in [5.41, 5.74) is 2.48. The number of rotatable bonds is 7. The fourth-order valence-corrected chi connectivity index (χ4v) is 4.89. The van der Waals surface area contributed by atoms with E-state index in [0.29, 0.717) is 12.6 Å². The van der Waals surface area contributed by atoms with E-state index in [4.69, 9.17) is 0 Å². The van der Waals surface area contributed by atoms with Gasteiger partial charge in [0, 0.05) is 44.5 Å². The molecule has 2 aliphatic rings. The van der Waals surface area contributed by atoms with Crippen molar-refractivity contribution >= 4 is 5.91 Å². The van der Waals surface area contributed by atoms with Crippen LogP contribution in [-0.4, -0.2) is 64.3 Å². The number of hydrogen-bond donors (Lipinski definition) is 1. The molecule has 2 fully saturated rings. The Bertz CT molecular complexity index is 797. The van der Waals surface area contributed by atoms with Crippen LogP contribution in [0.15, 0.2) is 42.7 Å². The van der Waals surface area contributed by atoms with Crippen molar-refractivity contribution in [2.75, 3.05) is 32.7 Å². The van der Waals surface area contributed by atoms with Crippen molar-refractivity contribution in [2.24, 2.45) is 13.0 Å². The summed E-state index contributed by atoms with van der Waals surface area (Å²) in [4.78, 5) is 17.9. The molecule has 6 heteroatoms. The Kier molecular flexibility index (Phi) is 7.18. The largest absolute Gasteiger partial charge is 0.352 e. The molecule has 2 saturated heterocycles. The number of hydrogen-bond acceptors (Lipinski definition) is 4. The van der Waals surface area contributed by atoms with Crippen LogP contribution in [0, 0.1) is 5.92 Å². The topological polar surface area (TPSA) is 53.4 Å². The lowest BCUT2D eigenvalue weighted by atomic mass is 9.93. The van der Waals surface area contributed by atoms with Gasteiger partial charge < -0.3 is 10.2 Å². The molecular formula is C24H35N5O. The molecule has 4 rings (SSSR count). The molecule has 1 amide bonds. The minimum atomic E-state index is 0.117. The first-order valence-electron chi connectivity index (χ1n) is 11.4. The predicted octanol–water partition coefficient (Wildman–Crippen LogP) is 2.46. The van der Waals surface area contributed by atoms with Crippen LogP contribution in [0.5, 0.6) is 0 Å². The van der Waals surface area contributed by atoms with Crippen molar-refractivity contribution in [3.63, 3.8) is 0 Å². The first kappa shape index (κ1) is 21.1. The zero-order valence-electron chi connectivity index (χ0n) is 18.2.